The van der Waals surface area contributed by atoms with Crippen LogP contribution in [-0.2, 0) is 25.7 Å². The molecule has 0 aliphatic heterocycles. The van der Waals surface area contributed by atoms with Gasteiger partial charge < -0.3 is 0 Å². The molecule has 2 aromatic carbocycles. The third-order valence-electron chi connectivity index (χ3n) is 5.51. The molecule has 0 nitrogen and oxygen atoms in total. The molecule has 25 heavy (non-hydrogen) atoms. The highest BCUT2D eigenvalue weighted by molar-refractivity contribution is 5.31. The fourth-order valence-corrected chi connectivity index (χ4v) is 3.93. The van der Waals surface area contributed by atoms with Crippen LogP contribution in [0.5, 0.6) is 0 Å². The standard InChI is InChI=1S/C23H28F2/c1-2-3-4-5-17-6-9-19(23(25)15-17)10-7-18-8-11-21-16-22(24)13-12-20(21)14-18/h6,9,12-13,15-16,18H,2-5,7-8,10-11,14H2,1H3. The smallest absolute Gasteiger partial charge is 0.126 e. The molecule has 1 aliphatic rings. The molecule has 1 unspecified atom stereocenters. The lowest BCUT2D eigenvalue weighted by Crippen LogP contribution is -2.15. The summed E-state index contributed by atoms with van der Waals surface area (Å²) in [5.41, 5.74) is 4.37. The number of hydrogen-bond acceptors (Lipinski definition) is 0. The highest BCUT2D eigenvalue weighted by Crippen LogP contribution is 2.29. The van der Waals surface area contributed by atoms with Crippen LogP contribution in [0.1, 0.15) is 61.3 Å². The summed E-state index contributed by atoms with van der Waals surface area (Å²) in [4.78, 5) is 0. The Labute approximate surface area is 150 Å². The number of aryl methyl sites for hydroxylation is 3. The van der Waals surface area contributed by atoms with Gasteiger partial charge in [0.05, 0.1) is 0 Å². The zero-order chi connectivity index (χ0) is 17.6. The average Bonchev–Trinajstić information content (AvgIpc) is 2.61. The van der Waals surface area contributed by atoms with Crippen molar-refractivity contribution < 1.29 is 8.78 Å². The Kier molecular flexibility index (Phi) is 6.23. The van der Waals surface area contributed by atoms with Gasteiger partial charge in [0.1, 0.15) is 11.6 Å². The molecule has 0 aromatic heterocycles. The summed E-state index contributed by atoms with van der Waals surface area (Å²) < 4.78 is 27.6. The number of hydrogen-bond donors (Lipinski definition) is 0. The van der Waals surface area contributed by atoms with Gasteiger partial charge in [-0.1, -0.05) is 38.0 Å². The molecule has 0 heterocycles. The first kappa shape index (κ1) is 18.1. The van der Waals surface area contributed by atoms with Gasteiger partial charge in [0.15, 0.2) is 0 Å². The van der Waals surface area contributed by atoms with Gasteiger partial charge in [0.2, 0.25) is 0 Å². The first-order valence-corrected chi connectivity index (χ1v) is 9.70. The lowest BCUT2D eigenvalue weighted by atomic mass is 9.81. The van der Waals surface area contributed by atoms with Gasteiger partial charge in [-0.05, 0) is 91.3 Å². The van der Waals surface area contributed by atoms with Crippen LogP contribution < -0.4 is 0 Å². The third-order valence-corrected chi connectivity index (χ3v) is 5.51. The highest BCUT2D eigenvalue weighted by Gasteiger charge is 2.19. The molecule has 0 N–H and O–H groups in total. The maximum Gasteiger partial charge on any atom is 0.126 e. The Balaban J connectivity index is 1.54. The van der Waals surface area contributed by atoms with E-state index in [1.807, 2.05) is 12.1 Å². The van der Waals surface area contributed by atoms with E-state index in [-0.39, 0.29) is 11.6 Å². The van der Waals surface area contributed by atoms with E-state index in [0.29, 0.717) is 5.92 Å². The molecular weight excluding hydrogens is 314 g/mol. The van der Waals surface area contributed by atoms with Gasteiger partial charge in [-0.15, -0.1) is 0 Å². The Morgan fingerprint density at radius 1 is 0.960 bits per heavy atom. The molecule has 0 bridgehead atoms. The van der Waals surface area contributed by atoms with E-state index < -0.39 is 0 Å². The monoisotopic (exact) mass is 342 g/mol. The molecule has 3 rings (SSSR count). The van der Waals surface area contributed by atoms with E-state index in [1.165, 1.54) is 18.4 Å². The zero-order valence-electron chi connectivity index (χ0n) is 15.2. The van der Waals surface area contributed by atoms with E-state index >= 15 is 0 Å². The number of benzene rings is 2. The van der Waals surface area contributed by atoms with Crippen molar-refractivity contribution in [1.82, 2.24) is 0 Å². The predicted octanol–water partition coefficient (Wildman–Crippen LogP) is 6.44. The number of halogens is 2. The average molecular weight is 342 g/mol. The number of fused-ring (bicyclic) bond motifs is 1. The molecule has 1 aliphatic carbocycles. The molecule has 0 fully saturated rings. The maximum atomic E-state index is 14.4. The molecule has 0 saturated carbocycles. The van der Waals surface area contributed by atoms with E-state index in [4.69, 9.17) is 0 Å². The second-order valence-corrected chi connectivity index (χ2v) is 7.44. The van der Waals surface area contributed by atoms with Crippen molar-refractivity contribution in [2.24, 2.45) is 5.92 Å². The van der Waals surface area contributed by atoms with Crippen molar-refractivity contribution in [1.29, 1.82) is 0 Å². The van der Waals surface area contributed by atoms with Crippen LogP contribution in [0.15, 0.2) is 36.4 Å². The molecule has 1 atom stereocenters. The van der Waals surface area contributed by atoms with Crippen LogP contribution in [0.25, 0.3) is 0 Å². The van der Waals surface area contributed by atoms with E-state index in [1.54, 1.807) is 18.2 Å². The van der Waals surface area contributed by atoms with E-state index in [0.717, 1.165) is 61.6 Å². The first-order chi connectivity index (χ1) is 12.2. The van der Waals surface area contributed by atoms with Crippen LogP contribution in [0.4, 0.5) is 8.78 Å². The number of rotatable bonds is 7. The zero-order valence-corrected chi connectivity index (χ0v) is 15.2. The van der Waals surface area contributed by atoms with Crippen LogP contribution in [0.3, 0.4) is 0 Å². The quantitative estimate of drug-likeness (QED) is 0.508. The van der Waals surface area contributed by atoms with Gasteiger partial charge in [0.25, 0.3) is 0 Å². The SMILES string of the molecule is CCCCCc1ccc(CCC2CCc3cc(F)ccc3C2)c(F)c1. The summed E-state index contributed by atoms with van der Waals surface area (Å²) in [5, 5.41) is 0. The van der Waals surface area contributed by atoms with Crippen LogP contribution in [0, 0.1) is 17.6 Å². The largest absolute Gasteiger partial charge is 0.207 e. The van der Waals surface area contributed by atoms with Crippen molar-refractivity contribution in [3.8, 4) is 0 Å². The minimum absolute atomic E-state index is 0.0488. The fourth-order valence-electron chi connectivity index (χ4n) is 3.93. The number of unbranched alkanes of at least 4 members (excludes halogenated alkanes) is 2. The second kappa shape index (κ2) is 8.60. The van der Waals surface area contributed by atoms with Crippen molar-refractivity contribution in [2.75, 3.05) is 0 Å². The highest BCUT2D eigenvalue weighted by atomic mass is 19.1. The van der Waals surface area contributed by atoms with Gasteiger partial charge >= 0.3 is 0 Å². The first-order valence-electron chi connectivity index (χ1n) is 9.70. The molecular formula is C23H28F2. The van der Waals surface area contributed by atoms with Crippen molar-refractivity contribution in [3.63, 3.8) is 0 Å². The summed E-state index contributed by atoms with van der Waals surface area (Å²) in [6.45, 7) is 2.18. The Hall–Kier alpha value is -1.70. The third kappa shape index (κ3) is 4.90. The Morgan fingerprint density at radius 2 is 1.84 bits per heavy atom. The van der Waals surface area contributed by atoms with Crippen LogP contribution in [0.2, 0.25) is 0 Å². The Bertz CT molecular complexity index is 705. The van der Waals surface area contributed by atoms with Gasteiger partial charge in [-0.3, -0.25) is 0 Å². The lowest BCUT2D eigenvalue weighted by Gasteiger charge is -2.24. The summed E-state index contributed by atoms with van der Waals surface area (Å²) in [5.74, 6) is 0.382. The fraction of sp³-hybridized carbons (Fsp3) is 0.478. The topological polar surface area (TPSA) is 0 Å². The summed E-state index contributed by atoms with van der Waals surface area (Å²) in [6.07, 6.45) is 9.31. The summed E-state index contributed by atoms with van der Waals surface area (Å²) >= 11 is 0. The minimum Gasteiger partial charge on any atom is -0.207 e. The Morgan fingerprint density at radius 3 is 2.64 bits per heavy atom. The molecule has 0 amide bonds. The van der Waals surface area contributed by atoms with E-state index in [9.17, 15) is 8.78 Å². The molecule has 0 radical (unpaired) electrons. The lowest BCUT2D eigenvalue weighted by molar-refractivity contribution is 0.422. The minimum atomic E-state index is -0.140. The molecule has 134 valence electrons. The van der Waals surface area contributed by atoms with Gasteiger partial charge in [0, 0.05) is 0 Å². The molecule has 0 spiro atoms. The van der Waals surface area contributed by atoms with Crippen molar-refractivity contribution in [2.45, 2.75) is 64.7 Å². The van der Waals surface area contributed by atoms with E-state index in [2.05, 4.69) is 13.0 Å². The normalized spacial score (nSPS) is 16.7. The second-order valence-electron chi connectivity index (χ2n) is 7.44. The van der Waals surface area contributed by atoms with Gasteiger partial charge in [-0.25, -0.2) is 8.78 Å². The van der Waals surface area contributed by atoms with Crippen molar-refractivity contribution in [3.05, 3.63) is 70.3 Å². The summed E-state index contributed by atoms with van der Waals surface area (Å²) in [7, 11) is 0. The maximum absolute atomic E-state index is 14.4. The summed E-state index contributed by atoms with van der Waals surface area (Å²) in [6, 6.07) is 10.9. The van der Waals surface area contributed by atoms with Crippen molar-refractivity contribution >= 4 is 0 Å². The van der Waals surface area contributed by atoms with Crippen LogP contribution >= 0.6 is 0 Å². The molecule has 0 saturated heterocycles. The van der Waals surface area contributed by atoms with Crippen LogP contribution in [-0.4, -0.2) is 0 Å². The molecule has 2 heteroatoms. The molecule has 2 aromatic rings. The van der Waals surface area contributed by atoms with Gasteiger partial charge in [-0.2, -0.15) is 0 Å². The predicted molar refractivity (Wildman–Crippen MR) is 99.9 cm³/mol.